The van der Waals surface area contributed by atoms with E-state index < -0.39 is 17.8 Å². The SMILES string of the molecule is CCOc1ccc(C2CCC(C)CC2)c(C(F)F)c1F. The highest BCUT2D eigenvalue weighted by atomic mass is 19.3. The van der Waals surface area contributed by atoms with Gasteiger partial charge in [-0.05, 0) is 43.2 Å². The van der Waals surface area contributed by atoms with Gasteiger partial charge in [0, 0.05) is 0 Å². The molecule has 0 saturated heterocycles. The Labute approximate surface area is 118 Å². The highest BCUT2D eigenvalue weighted by Gasteiger charge is 2.28. The Bertz CT molecular complexity index is 451. The first-order valence-electron chi connectivity index (χ1n) is 7.27. The lowest BCUT2D eigenvalue weighted by Gasteiger charge is -2.28. The van der Waals surface area contributed by atoms with Gasteiger partial charge in [0.1, 0.15) is 0 Å². The number of rotatable bonds is 4. The molecule has 0 radical (unpaired) electrons. The minimum atomic E-state index is -2.80. The van der Waals surface area contributed by atoms with Gasteiger partial charge < -0.3 is 4.74 Å². The molecule has 112 valence electrons. The molecule has 1 fully saturated rings. The second kappa shape index (κ2) is 6.51. The summed E-state index contributed by atoms with van der Waals surface area (Å²) in [6, 6.07) is 3.11. The molecule has 1 nitrogen and oxygen atoms in total. The van der Waals surface area contributed by atoms with Crippen LogP contribution in [0.25, 0.3) is 0 Å². The molecule has 0 aliphatic heterocycles. The van der Waals surface area contributed by atoms with Crippen molar-refractivity contribution in [1.29, 1.82) is 0 Å². The second-order valence-electron chi connectivity index (χ2n) is 5.57. The van der Waals surface area contributed by atoms with E-state index in [9.17, 15) is 13.2 Å². The molecule has 0 bridgehead atoms. The first-order chi connectivity index (χ1) is 9.54. The van der Waals surface area contributed by atoms with E-state index in [4.69, 9.17) is 4.74 Å². The first-order valence-corrected chi connectivity index (χ1v) is 7.27. The summed E-state index contributed by atoms with van der Waals surface area (Å²) in [7, 11) is 0. The molecular weight excluding hydrogens is 265 g/mol. The molecule has 1 aromatic rings. The highest BCUT2D eigenvalue weighted by molar-refractivity contribution is 5.40. The standard InChI is InChI=1S/C16H21F3O/c1-3-20-13-9-8-12(14(15(13)17)16(18)19)11-6-4-10(2)5-7-11/h8-11,16H,3-7H2,1-2H3. The van der Waals surface area contributed by atoms with E-state index in [0.717, 1.165) is 25.7 Å². The van der Waals surface area contributed by atoms with Crippen molar-refractivity contribution >= 4 is 0 Å². The van der Waals surface area contributed by atoms with Crippen LogP contribution in [-0.4, -0.2) is 6.61 Å². The molecule has 0 atom stereocenters. The van der Waals surface area contributed by atoms with E-state index in [2.05, 4.69) is 6.92 Å². The average Bonchev–Trinajstić information content (AvgIpc) is 2.41. The van der Waals surface area contributed by atoms with Crippen LogP contribution in [0.5, 0.6) is 5.75 Å². The van der Waals surface area contributed by atoms with Crippen LogP contribution in [-0.2, 0) is 0 Å². The lowest BCUT2D eigenvalue weighted by atomic mass is 9.78. The Hall–Kier alpha value is -1.19. The van der Waals surface area contributed by atoms with Crippen LogP contribution in [0.3, 0.4) is 0 Å². The molecule has 2 rings (SSSR count). The third-order valence-corrected chi connectivity index (χ3v) is 4.15. The van der Waals surface area contributed by atoms with Crippen LogP contribution >= 0.6 is 0 Å². The number of ether oxygens (including phenoxy) is 1. The second-order valence-corrected chi connectivity index (χ2v) is 5.57. The fourth-order valence-corrected chi connectivity index (χ4v) is 3.00. The minimum Gasteiger partial charge on any atom is -0.491 e. The molecule has 0 unspecified atom stereocenters. The summed E-state index contributed by atoms with van der Waals surface area (Å²) in [6.45, 7) is 4.14. The van der Waals surface area contributed by atoms with Crippen molar-refractivity contribution in [3.63, 3.8) is 0 Å². The number of hydrogen-bond donors (Lipinski definition) is 0. The van der Waals surface area contributed by atoms with Crippen molar-refractivity contribution in [3.05, 3.63) is 29.1 Å². The Morgan fingerprint density at radius 1 is 1.20 bits per heavy atom. The molecule has 0 spiro atoms. The number of alkyl halides is 2. The molecule has 0 amide bonds. The maximum Gasteiger partial charge on any atom is 0.267 e. The van der Waals surface area contributed by atoms with E-state index in [-0.39, 0.29) is 18.3 Å². The van der Waals surface area contributed by atoms with Gasteiger partial charge in [0.15, 0.2) is 11.6 Å². The van der Waals surface area contributed by atoms with Gasteiger partial charge in [0.05, 0.1) is 12.2 Å². The van der Waals surface area contributed by atoms with Gasteiger partial charge in [-0.25, -0.2) is 13.2 Å². The van der Waals surface area contributed by atoms with Gasteiger partial charge in [-0.1, -0.05) is 25.8 Å². The molecule has 1 aliphatic rings. The maximum absolute atomic E-state index is 14.2. The fourth-order valence-electron chi connectivity index (χ4n) is 3.00. The molecule has 0 heterocycles. The van der Waals surface area contributed by atoms with Crippen molar-refractivity contribution in [2.45, 2.75) is 51.9 Å². The van der Waals surface area contributed by atoms with Crippen LogP contribution in [0.1, 0.15) is 63.0 Å². The van der Waals surface area contributed by atoms with Gasteiger partial charge in [-0.15, -0.1) is 0 Å². The van der Waals surface area contributed by atoms with E-state index in [1.54, 1.807) is 13.0 Å². The zero-order chi connectivity index (χ0) is 14.7. The third-order valence-electron chi connectivity index (χ3n) is 4.15. The van der Waals surface area contributed by atoms with Crippen molar-refractivity contribution in [2.75, 3.05) is 6.61 Å². The number of halogens is 3. The van der Waals surface area contributed by atoms with E-state index in [1.807, 2.05) is 0 Å². The van der Waals surface area contributed by atoms with Crippen molar-refractivity contribution in [2.24, 2.45) is 5.92 Å². The predicted molar refractivity (Wildman–Crippen MR) is 72.9 cm³/mol. The molecule has 1 aromatic carbocycles. The highest BCUT2D eigenvalue weighted by Crippen LogP contribution is 2.41. The van der Waals surface area contributed by atoms with Crippen LogP contribution < -0.4 is 4.74 Å². The molecule has 4 heteroatoms. The van der Waals surface area contributed by atoms with E-state index >= 15 is 0 Å². The van der Waals surface area contributed by atoms with Crippen molar-refractivity contribution in [3.8, 4) is 5.75 Å². The Kier molecular flexibility index (Phi) is 4.95. The summed E-state index contributed by atoms with van der Waals surface area (Å²) in [5.41, 5.74) is 0.00311. The molecule has 0 aromatic heterocycles. The first kappa shape index (κ1) is 15.2. The van der Waals surface area contributed by atoms with Crippen LogP contribution in [0, 0.1) is 11.7 Å². The predicted octanol–water partition coefficient (Wildman–Crippen LogP) is 5.46. The number of hydrogen-bond acceptors (Lipinski definition) is 1. The summed E-state index contributed by atoms with van der Waals surface area (Å²) in [6.07, 6.45) is 0.942. The third kappa shape index (κ3) is 3.10. The molecule has 20 heavy (non-hydrogen) atoms. The fraction of sp³-hybridized carbons (Fsp3) is 0.625. The Morgan fingerprint density at radius 2 is 1.85 bits per heavy atom. The lowest BCUT2D eigenvalue weighted by molar-refractivity contribution is 0.142. The number of benzene rings is 1. The van der Waals surface area contributed by atoms with Crippen LogP contribution in [0.15, 0.2) is 12.1 Å². The zero-order valence-corrected chi connectivity index (χ0v) is 12.0. The smallest absolute Gasteiger partial charge is 0.267 e. The Morgan fingerprint density at radius 3 is 2.40 bits per heavy atom. The van der Waals surface area contributed by atoms with E-state index in [1.165, 1.54) is 6.07 Å². The molecular formula is C16H21F3O. The lowest BCUT2D eigenvalue weighted by Crippen LogP contribution is -2.14. The van der Waals surface area contributed by atoms with Gasteiger partial charge in [0.25, 0.3) is 6.43 Å². The van der Waals surface area contributed by atoms with Crippen molar-refractivity contribution in [1.82, 2.24) is 0 Å². The van der Waals surface area contributed by atoms with Gasteiger partial charge >= 0.3 is 0 Å². The summed E-state index contributed by atoms with van der Waals surface area (Å²) in [4.78, 5) is 0. The van der Waals surface area contributed by atoms with Crippen LogP contribution in [0.4, 0.5) is 13.2 Å². The van der Waals surface area contributed by atoms with Gasteiger partial charge in [0.2, 0.25) is 0 Å². The maximum atomic E-state index is 14.2. The summed E-state index contributed by atoms with van der Waals surface area (Å²) < 4.78 is 45.8. The molecule has 0 N–H and O–H groups in total. The molecule has 1 saturated carbocycles. The summed E-state index contributed by atoms with van der Waals surface area (Å²) in [5.74, 6) is -0.289. The van der Waals surface area contributed by atoms with Gasteiger partial charge in [-0.3, -0.25) is 0 Å². The quantitative estimate of drug-likeness (QED) is 0.714. The van der Waals surface area contributed by atoms with Crippen LogP contribution in [0.2, 0.25) is 0 Å². The largest absolute Gasteiger partial charge is 0.491 e. The normalized spacial score (nSPS) is 23.1. The minimum absolute atomic E-state index is 0.0420. The average molecular weight is 286 g/mol. The zero-order valence-electron chi connectivity index (χ0n) is 12.0. The summed E-state index contributed by atoms with van der Waals surface area (Å²) in [5, 5.41) is 0. The summed E-state index contributed by atoms with van der Waals surface area (Å²) >= 11 is 0. The topological polar surface area (TPSA) is 9.23 Å². The monoisotopic (exact) mass is 286 g/mol. The van der Waals surface area contributed by atoms with E-state index in [0.29, 0.717) is 11.5 Å². The Balaban J connectivity index is 2.35. The molecule has 1 aliphatic carbocycles. The van der Waals surface area contributed by atoms with Gasteiger partial charge in [-0.2, -0.15) is 0 Å². The van der Waals surface area contributed by atoms with Crippen molar-refractivity contribution < 1.29 is 17.9 Å².